The lowest BCUT2D eigenvalue weighted by atomic mass is 10.2. The minimum atomic E-state index is -4.37. The Balaban J connectivity index is 3.14. The summed E-state index contributed by atoms with van der Waals surface area (Å²) >= 11 is 6.93. The Morgan fingerprint density at radius 3 is 2.50 bits per heavy atom. The van der Waals surface area contributed by atoms with Crippen LogP contribution >= 0.6 is 23.4 Å². The summed E-state index contributed by atoms with van der Waals surface area (Å²) in [6.45, 7) is 1.86. The molecule has 0 atom stereocenters. The molecule has 0 aliphatic heterocycles. The molecule has 1 rings (SSSR count). The second-order valence-corrected chi connectivity index (χ2v) is 4.23. The molecule has 0 spiro atoms. The molecule has 0 aliphatic carbocycles. The molecule has 0 bridgehead atoms. The maximum Gasteiger partial charge on any atom is 0.417 e. The molecule has 1 aromatic carbocycles. The highest BCUT2D eigenvalue weighted by atomic mass is 35.5. The van der Waals surface area contributed by atoms with Gasteiger partial charge in [0.25, 0.3) is 0 Å². The van der Waals surface area contributed by atoms with Gasteiger partial charge in [0.05, 0.1) is 10.6 Å². The van der Waals surface area contributed by atoms with Crippen molar-refractivity contribution in [3.63, 3.8) is 0 Å². The summed E-state index contributed by atoms with van der Waals surface area (Å²) in [6.07, 6.45) is -4.37. The summed E-state index contributed by atoms with van der Waals surface area (Å²) in [6, 6.07) is 3.94. The molecule has 0 heterocycles. The van der Waals surface area contributed by atoms with Crippen molar-refractivity contribution in [2.24, 2.45) is 0 Å². The van der Waals surface area contributed by atoms with Gasteiger partial charge in [-0.25, -0.2) is 0 Å². The summed E-state index contributed by atoms with van der Waals surface area (Å²) in [5.74, 6) is 0.695. The summed E-state index contributed by atoms with van der Waals surface area (Å²) in [4.78, 5) is 0.476. The molecular weight excluding hydrogens is 233 g/mol. The van der Waals surface area contributed by atoms with Crippen LogP contribution in [0.3, 0.4) is 0 Å². The Kier molecular flexibility index (Phi) is 3.72. The van der Waals surface area contributed by atoms with E-state index < -0.39 is 11.7 Å². The second kappa shape index (κ2) is 4.45. The molecule has 1 aromatic rings. The lowest BCUT2D eigenvalue weighted by Gasteiger charge is -2.11. The largest absolute Gasteiger partial charge is 0.417 e. The lowest BCUT2D eigenvalue weighted by molar-refractivity contribution is -0.137. The van der Waals surface area contributed by atoms with Crippen LogP contribution in [0.5, 0.6) is 0 Å². The summed E-state index contributed by atoms with van der Waals surface area (Å²) < 4.78 is 37.1. The van der Waals surface area contributed by atoms with Crippen LogP contribution in [0.25, 0.3) is 0 Å². The molecule has 0 saturated heterocycles. The molecule has 0 nitrogen and oxygen atoms in total. The van der Waals surface area contributed by atoms with Crippen LogP contribution in [0, 0.1) is 0 Å². The minimum Gasteiger partial charge on any atom is -0.166 e. The van der Waals surface area contributed by atoms with Gasteiger partial charge < -0.3 is 0 Å². The first-order chi connectivity index (χ1) is 6.46. The number of hydrogen-bond acceptors (Lipinski definition) is 1. The van der Waals surface area contributed by atoms with E-state index in [-0.39, 0.29) is 5.02 Å². The molecule has 0 fully saturated rings. The van der Waals surface area contributed by atoms with Gasteiger partial charge in [0.1, 0.15) is 0 Å². The molecule has 0 unspecified atom stereocenters. The van der Waals surface area contributed by atoms with Crippen molar-refractivity contribution in [1.82, 2.24) is 0 Å². The number of hydrogen-bond donors (Lipinski definition) is 0. The fourth-order valence-corrected chi connectivity index (χ4v) is 2.12. The number of thioether (sulfide) groups is 1. The molecule has 0 amide bonds. The Morgan fingerprint density at radius 2 is 2.00 bits per heavy atom. The predicted octanol–water partition coefficient (Wildman–Crippen LogP) is 4.47. The molecule has 5 heteroatoms. The second-order valence-electron chi connectivity index (χ2n) is 2.55. The highest BCUT2D eigenvalue weighted by Crippen LogP contribution is 2.39. The predicted molar refractivity (Wildman–Crippen MR) is 52.9 cm³/mol. The van der Waals surface area contributed by atoms with Gasteiger partial charge in [0.15, 0.2) is 0 Å². The Morgan fingerprint density at radius 1 is 1.36 bits per heavy atom. The summed E-state index contributed by atoms with van der Waals surface area (Å²) in [7, 11) is 0. The summed E-state index contributed by atoms with van der Waals surface area (Å²) in [5, 5.41) is -0.202. The van der Waals surface area contributed by atoms with Crippen LogP contribution in [0.1, 0.15) is 12.5 Å². The fraction of sp³-hybridized carbons (Fsp3) is 0.333. The van der Waals surface area contributed by atoms with E-state index in [4.69, 9.17) is 11.6 Å². The third kappa shape index (κ3) is 2.58. The van der Waals surface area contributed by atoms with Crippen molar-refractivity contribution < 1.29 is 13.2 Å². The number of benzene rings is 1. The van der Waals surface area contributed by atoms with Crippen LogP contribution in [0.4, 0.5) is 13.2 Å². The number of alkyl halides is 3. The fourth-order valence-electron chi connectivity index (χ4n) is 0.997. The van der Waals surface area contributed by atoms with Gasteiger partial charge in [-0.05, 0) is 17.9 Å². The average Bonchev–Trinajstić information content (AvgIpc) is 2.07. The molecule has 0 radical (unpaired) electrons. The van der Waals surface area contributed by atoms with E-state index in [1.165, 1.54) is 17.8 Å². The highest BCUT2D eigenvalue weighted by molar-refractivity contribution is 7.99. The zero-order valence-corrected chi connectivity index (χ0v) is 8.93. The molecule has 0 N–H and O–H groups in total. The van der Waals surface area contributed by atoms with Gasteiger partial charge in [-0.1, -0.05) is 24.6 Å². The normalized spacial score (nSPS) is 11.8. The van der Waals surface area contributed by atoms with Crippen LogP contribution in [0.2, 0.25) is 5.02 Å². The van der Waals surface area contributed by atoms with Gasteiger partial charge >= 0.3 is 6.18 Å². The molecule has 78 valence electrons. The number of halogens is 4. The van der Waals surface area contributed by atoms with E-state index in [2.05, 4.69) is 0 Å². The Labute approximate surface area is 89.4 Å². The minimum absolute atomic E-state index is 0.202. The van der Waals surface area contributed by atoms with E-state index in [0.29, 0.717) is 10.6 Å². The van der Waals surface area contributed by atoms with Gasteiger partial charge in [0, 0.05) is 4.90 Å². The van der Waals surface area contributed by atoms with Gasteiger partial charge in [-0.3, -0.25) is 0 Å². The van der Waals surface area contributed by atoms with Gasteiger partial charge in [-0.2, -0.15) is 13.2 Å². The maximum atomic E-state index is 12.4. The third-order valence-electron chi connectivity index (χ3n) is 1.57. The first-order valence-electron chi connectivity index (χ1n) is 3.95. The first-order valence-corrected chi connectivity index (χ1v) is 5.31. The molecule has 0 aliphatic rings. The van der Waals surface area contributed by atoms with Crippen LogP contribution in [-0.4, -0.2) is 5.75 Å². The van der Waals surface area contributed by atoms with Crippen LogP contribution in [-0.2, 0) is 6.18 Å². The SMILES string of the molecule is CCSc1cccc(C(F)(F)F)c1Cl. The van der Waals surface area contributed by atoms with Gasteiger partial charge in [-0.15, -0.1) is 11.8 Å². The maximum absolute atomic E-state index is 12.4. The molecule has 0 saturated carbocycles. The van der Waals surface area contributed by atoms with E-state index >= 15 is 0 Å². The first kappa shape index (κ1) is 11.7. The smallest absolute Gasteiger partial charge is 0.166 e. The Bertz CT molecular complexity index is 322. The van der Waals surface area contributed by atoms with E-state index in [1.54, 1.807) is 6.07 Å². The lowest BCUT2D eigenvalue weighted by Crippen LogP contribution is -2.05. The van der Waals surface area contributed by atoms with E-state index in [1.807, 2.05) is 6.92 Å². The van der Waals surface area contributed by atoms with E-state index in [0.717, 1.165) is 6.07 Å². The quantitative estimate of drug-likeness (QED) is 0.688. The summed E-state index contributed by atoms with van der Waals surface area (Å²) in [5.41, 5.74) is -0.766. The van der Waals surface area contributed by atoms with Crippen molar-refractivity contribution in [1.29, 1.82) is 0 Å². The van der Waals surface area contributed by atoms with Crippen molar-refractivity contribution in [3.8, 4) is 0 Å². The number of rotatable bonds is 2. The average molecular weight is 241 g/mol. The molecular formula is C9H8ClF3S. The van der Waals surface area contributed by atoms with Crippen molar-refractivity contribution in [2.75, 3.05) is 5.75 Å². The monoisotopic (exact) mass is 240 g/mol. The van der Waals surface area contributed by atoms with E-state index in [9.17, 15) is 13.2 Å². The zero-order valence-electron chi connectivity index (χ0n) is 7.36. The Hall–Kier alpha value is -0.350. The van der Waals surface area contributed by atoms with Crippen molar-refractivity contribution in [3.05, 3.63) is 28.8 Å². The zero-order chi connectivity index (χ0) is 10.8. The van der Waals surface area contributed by atoms with Crippen molar-refractivity contribution >= 4 is 23.4 Å². The standard InChI is InChI=1S/C9H8ClF3S/c1-2-14-7-5-3-4-6(8(7)10)9(11,12)13/h3-5H,2H2,1H3. The van der Waals surface area contributed by atoms with Crippen molar-refractivity contribution in [2.45, 2.75) is 18.0 Å². The molecule has 14 heavy (non-hydrogen) atoms. The highest BCUT2D eigenvalue weighted by Gasteiger charge is 2.33. The topological polar surface area (TPSA) is 0 Å². The third-order valence-corrected chi connectivity index (χ3v) is 3.03. The van der Waals surface area contributed by atoms with Gasteiger partial charge in [0.2, 0.25) is 0 Å². The van der Waals surface area contributed by atoms with Crippen LogP contribution in [0.15, 0.2) is 23.1 Å². The molecule has 0 aromatic heterocycles. The van der Waals surface area contributed by atoms with Crippen LogP contribution < -0.4 is 0 Å².